The Morgan fingerprint density at radius 3 is 2.10 bits per heavy atom. The molecule has 1 aliphatic heterocycles. The first-order valence-corrected chi connectivity index (χ1v) is 13.8. The molecule has 6 rings (SSSR count). The van der Waals surface area contributed by atoms with E-state index in [2.05, 4.69) is 20.6 Å². The van der Waals surface area contributed by atoms with Gasteiger partial charge in [-0.15, -0.1) is 0 Å². The van der Waals surface area contributed by atoms with Crippen molar-refractivity contribution in [2.75, 3.05) is 19.5 Å². The number of carbonyl (C=O) groups excluding carboxylic acids is 2. The van der Waals surface area contributed by atoms with Crippen molar-refractivity contribution in [1.82, 2.24) is 15.3 Å². The third-order valence-corrected chi connectivity index (χ3v) is 7.81. The zero-order valence-corrected chi connectivity index (χ0v) is 23.0. The lowest BCUT2D eigenvalue weighted by Crippen LogP contribution is -2.44. The summed E-state index contributed by atoms with van der Waals surface area (Å²) in [5, 5.41) is 7.51. The minimum Gasteiger partial charge on any atom is -0.497 e. The van der Waals surface area contributed by atoms with Crippen LogP contribution in [-0.4, -0.2) is 54.3 Å². The van der Waals surface area contributed by atoms with Crippen molar-refractivity contribution >= 4 is 28.8 Å². The molecule has 4 aromatic rings. The molecule has 2 aromatic carbocycles. The summed E-state index contributed by atoms with van der Waals surface area (Å²) >= 11 is 0. The number of amides is 1. The van der Waals surface area contributed by atoms with E-state index < -0.39 is 6.10 Å². The van der Waals surface area contributed by atoms with E-state index in [1.54, 1.807) is 14.2 Å². The lowest BCUT2D eigenvalue weighted by molar-refractivity contribution is -0.148. The molecule has 1 saturated carbocycles. The number of cyclic esters (lactones) is 1. The summed E-state index contributed by atoms with van der Waals surface area (Å²) in [6.07, 6.45) is 4.92. The highest BCUT2D eigenvalue weighted by Gasteiger charge is 2.32. The molecule has 0 spiro atoms. The molecule has 3 heterocycles. The molecule has 212 valence electrons. The van der Waals surface area contributed by atoms with E-state index in [-0.39, 0.29) is 24.0 Å². The van der Waals surface area contributed by atoms with Gasteiger partial charge >= 0.3 is 5.97 Å². The Labute approximate surface area is 237 Å². The van der Waals surface area contributed by atoms with E-state index in [0.29, 0.717) is 30.1 Å². The van der Waals surface area contributed by atoms with Crippen molar-refractivity contribution < 1.29 is 28.2 Å². The summed E-state index contributed by atoms with van der Waals surface area (Å²) in [6.45, 7) is 0. The minimum absolute atomic E-state index is 0.0516. The number of aromatic nitrogens is 2. The number of methoxy groups -OCH3 is 2. The molecular weight excluding hydrogens is 524 g/mol. The summed E-state index contributed by atoms with van der Waals surface area (Å²) in [5.74, 6) is 2.41. The van der Waals surface area contributed by atoms with E-state index in [1.165, 1.54) is 6.33 Å². The molecule has 2 fully saturated rings. The van der Waals surface area contributed by atoms with Gasteiger partial charge in [0.1, 0.15) is 29.4 Å². The van der Waals surface area contributed by atoms with Crippen LogP contribution in [0.5, 0.6) is 11.5 Å². The fourth-order valence-electron chi connectivity index (χ4n) is 5.60. The minimum atomic E-state index is -0.662. The number of furan rings is 1. The van der Waals surface area contributed by atoms with Crippen molar-refractivity contribution in [1.29, 1.82) is 0 Å². The van der Waals surface area contributed by atoms with Crippen LogP contribution in [0.25, 0.3) is 33.6 Å². The molecule has 2 aromatic heterocycles. The van der Waals surface area contributed by atoms with Gasteiger partial charge in [0.15, 0.2) is 6.10 Å². The number of esters is 1. The number of benzene rings is 2. The Balaban J connectivity index is 1.26. The van der Waals surface area contributed by atoms with Gasteiger partial charge in [-0.3, -0.25) is 9.59 Å². The number of hydrogen-bond acceptors (Lipinski definition) is 9. The van der Waals surface area contributed by atoms with Crippen LogP contribution in [0.4, 0.5) is 5.82 Å². The van der Waals surface area contributed by atoms with Crippen LogP contribution in [0.3, 0.4) is 0 Å². The molecule has 2 aliphatic rings. The summed E-state index contributed by atoms with van der Waals surface area (Å²) in [7, 11) is 3.28. The zero-order chi connectivity index (χ0) is 28.3. The lowest BCUT2D eigenvalue weighted by atomic mass is 9.90. The number of nitrogens with one attached hydrogen (secondary N) is 2. The highest BCUT2D eigenvalue weighted by atomic mass is 16.6. The quantitative estimate of drug-likeness (QED) is 0.285. The predicted molar refractivity (Wildman–Crippen MR) is 153 cm³/mol. The van der Waals surface area contributed by atoms with E-state index in [9.17, 15) is 9.59 Å². The summed E-state index contributed by atoms with van der Waals surface area (Å²) < 4.78 is 22.2. The maximum absolute atomic E-state index is 12.5. The molecule has 1 amide bonds. The molecule has 1 aliphatic carbocycles. The maximum Gasteiger partial charge on any atom is 0.306 e. The second-order valence-electron chi connectivity index (χ2n) is 10.4. The van der Waals surface area contributed by atoms with E-state index in [1.807, 2.05) is 48.5 Å². The maximum atomic E-state index is 12.5. The molecule has 10 nitrogen and oxygen atoms in total. The Kier molecular flexibility index (Phi) is 7.45. The summed E-state index contributed by atoms with van der Waals surface area (Å²) in [6, 6.07) is 15.8. The Bertz CT molecular complexity index is 1540. The molecule has 1 unspecified atom stereocenters. The van der Waals surface area contributed by atoms with Gasteiger partial charge in [-0.1, -0.05) is 12.1 Å². The fraction of sp³-hybridized carbons (Fsp3) is 0.355. The molecular formula is C31H32N4O6. The van der Waals surface area contributed by atoms with Gasteiger partial charge in [0, 0.05) is 36.1 Å². The number of carbonyl (C=O) groups is 2. The van der Waals surface area contributed by atoms with Gasteiger partial charge in [0.2, 0.25) is 5.71 Å². The van der Waals surface area contributed by atoms with Crippen LogP contribution >= 0.6 is 0 Å². The summed E-state index contributed by atoms with van der Waals surface area (Å²) in [4.78, 5) is 33.0. The molecule has 41 heavy (non-hydrogen) atoms. The SMILES string of the molecule is COc1ccc(-c2oc3ncnc(NC4CCC(NC(=O)C5CCC(=O)O5)CC4)c3c2-c2ccc(OC)cc2)cc1. The van der Waals surface area contributed by atoms with Gasteiger partial charge < -0.3 is 29.3 Å². The van der Waals surface area contributed by atoms with E-state index in [4.69, 9.17) is 18.6 Å². The normalized spacial score (nSPS) is 20.4. The number of nitrogens with zero attached hydrogens (tertiary/aromatic N) is 2. The second-order valence-corrected chi connectivity index (χ2v) is 10.4. The third-order valence-electron chi connectivity index (χ3n) is 7.81. The van der Waals surface area contributed by atoms with Gasteiger partial charge in [0.25, 0.3) is 5.91 Å². The van der Waals surface area contributed by atoms with Crippen molar-refractivity contribution in [3.05, 3.63) is 54.9 Å². The van der Waals surface area contributed by atoms with Gasteiger partial charge in [0.05, 0.1) is 19.6 Å². The monoisotopic (exact) mass is 556 g/mol. The Morgan fingerprint density at radius 2 is 1.49 bits per heavy atom. The van der Waals surface area contributed by atoms with Crippen molar-refractivity contribution in [3.63, 3.8) is 0 Å². The first kappa shape index (κ1) is 26.6. The first-order chi connectivity index (χ1) is 20.0. The van der Waals surface area contributed by atoms with Crippen molar-refractivity contribution in [2.24, 2.45) is 0 Å². The number of hydrogen-bond donors (Lipinski definition) is 2. The molecule has 2 N–H and O–H groups in total. The average molecular weight is 557 g/mol. The van der Waals surface area contributed by atoms with Crippen molar-refractivity contribution in [2.45, 2.75) is 56.7 Å². The van der Waals surface area contributed by atoms with Gasteiger partial charge in [-0.25, -0.2) is 9.97 Å². The summed E-state index contributed by atoms with van der Waals surface area (Å²) in [5.41, 5.74) is 3.23. The fourth-order valence-corrected chi connectivity index (χ4v) is 5.60. The third kappa shape index (κ3) is 5.54. The van der Waals surface area contributed by atoms with Crippen LogP contribution in [0, 0.1) is 0 Å². The molecule has 1 saturated heterocycles. The topological polar surface area (TPSA) is 125 Å². The number of rotatable bonds is 8. The highest BCUT2D eigenvalue weighted by Crippen LogP contribution is 2.43. The van der Waals surface area contributed by atoms with Crippen LogP contribution in [0.2, 0.25) is 0 Å². The predicted octanol–water partition coefficient (Wildman–Crippen LogP) is 5.12. The van der Waals surface area contributed by atoms with Crippen LogP contribution in [-0.2, 0) is 14.3 Å². The standard InChI is InChI=1S/C31H32N4O6/c1-38-22-11-3-18(4-12-22)26-27-29(32-17-33-31(27)41-28(26)19-5-13-23(39-2)14-6-19)34-20-7-9-21(10-8-20)35-30(37)24-15-16-25(36)40-24/h3-6,11-14,17,20-21,24H,7-10,15-16H2,1-2H3,(H,35,37)(H,32,33,34). The van der Waals surface area contributed by atoms with Gasteiger partial charge in [-0.05, 0) is 67.6 Å². The molecule has 1 atom stereocenters. The smallest absolute Gasteiger partial charge is 0.306 e. The first-order valence-electron chi connectivity index (χ1n) is 13.8. The van der Waals surface area contributed by atoms with Gasteiger partial charge in [-0.2, -0.15) is 0 Å². The lowest BCUT2D eigenvalue weighted by Gasteiger charge is -2.30. The largest absolute Gasteiger partial charge is 0.497 e. The molecule has 10 heteroatoms. The van der Waals surface area contributed by atoms with Crippen molar-refractivity contribution in [3.8, 4) is 33.9 Å². The Hall–Kier alpha value is -4.60. The number of ether oxygens (including phenoxy) is 3. The molecule has 0 bridgehead atoms. The van der Waals surface area contributed by atoms with Crippen LogP contribution in [0.15, 0.2) is 59.3 Å². The number of anilines is 1. The van der Waals surface area contributed by atoms with Crippen LogP contribution in [0.1, 0.15) is 38.5 Å². The van der Waals surface area contributed by atoms with E-state index >= 15 is 0 Å². The Morgan fingerprint density at radius 1 is 0.854 bits per heavy atom. The second kappa shape index (κ2) is 11.5. The number of fused-ring (bicyclic) bond motifs is 1. The highest BCUT2D eigenvalue weighted by molar-refractivity contribution is 6.06. The average Bonchev–Trinajstić information content (AvgIpc) is 3.63. The zero-order valence-electron chi connectivity index (χ0n) is 23.0. The molecule has 0 radical (unpaired) electrons. The van der Waals surface area contributed by atoms with Crippen LogP contribution < -0.4 is 20.1 Å². The van der Waals surface area contributed by atoms with E-state index in [0.717, 1.165) is 59.3 Å².